The number of amides is 1. The van der Waals surface area contributed by atoms with Gasteiger partial charge in [-0.25, -0.2) is 22.0 Å². The predicted octanol–water partition coefficient (Wildman–Crippen LogP) is 5.76. The standard InChI is InChI=1S/C33H33F5N2O6/c1-18-23(16-40-12-10-33(11-13-40)43-14-15-44-33)45-32(46-30(18)20-4-2-19(17-41)3-5-20)21-6-8-22(9-7-21)39-31(42)24-25(34)27(36)29(38)28(37)26(24)35/h2-9,18,23,30,32,41H,10-17H2,1H3,(H,39,42)/t18-,23+,30+,32+/m0/s1. The van der Waals surface area contributed by atoms with E-state index in [0.29, 0.717) is 25.3 Å². The van der Waals surface area contributed by atoms with Crippen LogP contribution in [0.25, 0.3) is 0 Å². The van der Waals surface area contributed by atoms with Crippen LogP contribution in [0.1, 0.15) is 59.2 Å². The van der Waals surface area contributed by atoms with E-state index in [1.54, 1.807) is 12.1 Å². The number of anilines is 1. The van der Waals surface area contributed by atoms with Gasteiger partial charge in [0, 0.05) is 49.6 Å². The topological polar surface area (TPSA) is 89.5 Å². The molecule has 1 amide bonds. The second-order valence-corrected chi connectivity index (χ2v) is 11.8. The lowest BCUT2D eigenvalue weighted by Crippen LogP contribution is -2.50. The van der Waals surface area contributed by atoms with Crippen molar-refractivity contribution >= 4 is 11.6 Å². The summed E-state index contributed by atoms with van der Waals surface area (Å²) in [5.41, 5.74) is 0.710. The normalized spacial score (nSPS) is 24.8. The SMILES string of the molecule is C[C@H]1[C@@H](CN2CCC3(CC2)OCCO3)O[C@@H](c2ccc(NC(=O)c3c(F)c(F)c(F)c(F)c3F)cc2)O[C@H]1c1ccc(CO)cc1. The highest BCUT2D eigenvalue weighted by molar-refractivity contribution is 6.04. The van der Waals surface area contributed by atoms with Crippen molar-refractivity contribution in [3.63, 3.8) is 0 Å². The molecule has 4 atom stereocenters. The molecule has 3 aliphatic rings. The third kappa shape index (κ3) is 6.40. The van der Waals surface area contributed by atoms with Crippen molar-refractivity contribution in [2.75, 3.05) is 38.2 Å². The van der Waals surface area contributed by atoms with Crippen LogP contribution in [0, 0.1) is 35.0 Å². The van der Waals surface area contributed by atoms with Crippen LogP contribution in [-0.4, -0.2) is 60.7 Å². The molecule has 3 aromatic carbocycles. The van der Waals surface area contributed by atoms with Crippen LogP contribution in [0.5, 0.6) is 0 Å². The second kappa shape index (κ2) is 13.3. The summed E-state index contributed by atoms with van der Waals surface area (Å²) in [6, 6.07) is 13.5. The van der Waals surface area contributed by atoms with Crippen LogP contribution in [0.3, 0.4) is 0 Å². The Morgan fingerprint density at radius 2 is 1.41 bits per heavy atom. The Kier molecular flexibility index (Phi) is 9.42. The molecule has 0 aromatic heterocycles. The summed E-state index contributed by atoms with van der Waals surface area (Å²) in [6.07, 6.45) is 0.0367. The number of nitrogens with zero attached hydrogens (tertiary/aromatic N) is 1. The smallest absolute Gasteiger partial charge is 0.261 e. The number of nitrogens with one attached hydrogen (secondary N) is 1. The number of hydrogen-bond donors (Lipinski definition) is 2. The maximum absolute atomic E-state index is 14.2. The van der Waals surface area contributed by atoms with Gasteiger partial charge in [0.1, 0.15) is 5.56 Å². The number of hydrogen-bond acceptors (Lipinski definition) is 7. The molecule has 8 nitrogen and oxygen atoms in total. The Hall–Kier alpha value is -3.46. The number of ether oxygens (including phenoxy) is 4. The average molecular weight is 649 g/mol. The van der Waals surface area contributed by atoms with Gasteiger partial charge in [-0.2, -0.15) is 0 Å². The highest BCUT2D eigenvalue weighted by atomic mass is 19.2. The minimum atomic E-state index is -2.35. The molecule has 0 bridgehead atoms. The van der Waals surface area contributed by atoms with E-state index in [-0.39, 0.29) is 30.4 Å². The number of benzene rings is 3. The summed E-state index contributed by atoms with van der Waals surface area (Å²) in [5.74, 6) is -13.3. The molecule has 3 aliphatic heterocycles. The molecule has 2 N–H and O–H groups in total. The monoisotopic (exact) mass is 648 g/mol. The van der Waals surface area contributed by atoms with Crippen LogP contribution in [0.2, 0.25) is 0 Å². The molecule has 0 aliphatic carbocycles. The highest BCUT2D eigenvalue weighted by Crippen LogP contribution is 2.42. The largest absolute Gasteiger partial charge is 0.392 e. The summed E-state index contributed by atoms with van der Waals surface area (Å²) >= 11 is 0. The number of halogens is 5. The Labute approximate surface area is 262 Å². The molecule has 3 aromatic rings. The zero-order chi connectivity index (χ0) is 32.6. The van der Waals surface area contributed by atoms with Gasteiger partial charge >= 0.3 is 0 Å². The summed E-state index contributed by atoms with van der Waals surface area (Å²) in [4.78, 5) is 14.8. The van der Waals surface area contributed by atoms with Crippen LogP contribution in [0.4, 0.5) is 27.6 Å². The Morgan fingerprint density at radius 3 is 2.00 bits per heavy atom. The molecule has 3 fully saturated rings. The van der Waals surface area contributed by atoms with E-state index in [1.807, 2.05) is 24.3 Å². The first-order valence-corrected chi connectivity index (χ1v) is 15.0. The molecule has 13 heteroatoms. The molecular formula is C33H33F5N2O6. The molecule has 3 heterocycles. The maximum Gasteiger partial charge on any atom is 0.261 e. The molecule has 0 saturated carbocycles. The number of carbonyl (C=O) groups is 1. The first kappa shape index (κ1) is 32.5. The number of piperidine rings is 1. The van der Waals surface area contributed by atoms with Crippen LogP contribution in [-0.2, 0) is 25.6 Å². The number of aliphatic hydroxyl groups is 1. The van der Waals surface area contributed by atoms with Gasteiger partial charge in [-0.1, -0.05) is 43.3 Å². The van der Waals surface area contributed by atoms with Crippen molar-refractivity contribution in [3.05, 3.63) is 99.9 Å². The number of rotatable bonds is 7. The predicted molar refractivity (Wildman–Crippen MR) is 154 cm³/mol. The fourth-order valence-electron chi connectivity index (χ4n) is 6.17. The third-order valence-electron chi connectivity index (χ3n) is 8.87. The van der Waals surface area contributed by atoms with Crippen molar-refractivity contribution < 1.29 is 50.8 Å². The Balaban J connectivity index is 1.20. The van der Waals surface area contributed by atoms with Crippen molar-refractivity contribution in [1.29, 1.82) is 0 Å². The van der Waals surface area contributed by atoms with E-state index in [0.717, 1.165) is 37.1 Å². The molecule has 246 valence electrons. The zero-order valence-corrected chi connectivity index (χ0v) is 24.9. The van der Waals surface area contributed by atoms with Gasteiger partial charge in [-0.15, -0.1) is 0 Å². The van der Waals surface area contributed by atoms with E-state index in [1.165, 1.54) is 12.1 Å². The van der Waals surface area contributed by atoms with E-state index in [4.69, 9.17) is 18.9 Å². The molecule has 46 heavy (non-hydrogen) atoms. The van der Waals surface area contributed by atoms with Crippen LogP contribution < -0.4 is 5.32 Å². The number of carbonyl (C=O) groups excluding carboxylic acids is 1. The van der Waals surface area contributed by atoms with Crippen molar-refractivity contribution in [2.24, 2.45) is 5.92 Å². The first-order chi connectivity index (χ1) is 22.1. The second-order valence-electron chi connectivity index (χ2n) is 11.8. The summed E-state index contributed by atoms with van der Waals surface area (Å²) in [7, 11) is 0. The average Bonchev–Trinajstić information content (AvgIpc) is 3.53. The zero-order valence-electron chi connectivity index (χ0n) is 24.9. The Morgan fingerprint density at radius 1 is 0.848 bits per heavy atom. The van der Waals surface area contributed by atoms with Gasteiger partial charge in [-0.05, 0) is 23.3 Å². The highest BCUT2D eigenvalue weighted by Gasteiger charge is 2.43. The summed E-state index contributed by atoms with van der Waals surface area (Å²) in [5, 5.41) is 11.7. The van der Waals surface area contributed by atoms with Crippen molar-refractivity contribution in [1.82, 2.24) is 4.90 Å². The molecule has 6 rings (SSSR count). The summed E-state index contributed by atoms with van der Waals surface area (Å²) < 4.78 is 93.7. The van der Waals surface area contributed by atoms with Gasteiger partial charge in [0.25, 0.3) is 5.91 Å². The fourth-order valence-corrected chi connectivity index (χ4v) is 6.17. The van der Waals surface area contributed by atoms with Crippen LogP contribution >= 0.6 is 0 Å². The lowest BCUT2D eigenvalue weighted by Gasteiger charge is -2.44. The van der Waals surface area contributed by atoms with E-state index >= 15 is 0 Å². The van der Waals surface area contributed by atoms with Gasteiger partial charge in [0.15, 0.2) is 35.3 Å². The molecule has 0 radical (unpaired) electrons. The van der Waals surface area contributed by atoms with Gasteiger partial charge in [-0.3, -0.25) is 4.79 Å². The van der Waals surface area contributed by atoms with E-state index in [2.05, 4.69) is 17.1 Å². The van der Waals surface area contributed by atoms with Crippen molar-refractivity contribution in [2.45, 2.75) is 50.7 Å². The third-order valence-corrected chi connectivity index (χ3v) is 8.87. The maximum atomic E-state index is 14.2. The van der Waals surface area contributed by atoms with Gasteiger partial charge < -0.3 is 34.3 Å². The van der Waals surface area contributed by atoms with Crippen LogP contribution in [0.15, 0.2) is 48.5 Å². The lowest BCUT2D eigenvalue weighted by atomic mass is 9.89. The van der Waals surface area contributed by atoms with E-state index < -0.39 is 52.6 Å². The van der Waals surface area contributed by atoms with Crippen molar-refractivity contribution in [3.8, 4) is 0 Å². The lowest BCUT2D eigenvalue weighted by molar-refractivity contribution is -0.278. The Bertz CT molecular complexity index is 1530. The number of likely N-dealkylation sites (tertiary alicyclic amines) is 1. The quantitative estimate of drug-likeness (QED) is 0.192. The van der Waals surface area contributed by atoms with E-state index in [9.17, 15) is 31.9 Å². The van der Waals surface area contributed by atoms with Gasteiger partial charge in [0.05, 0.1) is 32.0 Å². The van der Waals surface area contributed by atoms with Gasteiger partial charge in [0.2, 0.25) is 5.82 Å². The first-order valence-electron chi connectivity index (χ1n) is 15.0. The minimum absolute atomic E-state index is 0.0492. The molecule has 0 unspecified atom stereocenters. The minimum Gasteiger partial charge on any atom is -0.392 e. The summed E-state index contributed by atoms with van der Waals surface area (Å²) in [6.45, 7) is 5.32. The molecule has 3 saturated heterocycles. The fraction of sp³-hybridized carbons (Fsp3) is 0.424. The molecule has 1 spiro atoms. The molecular weight excluding hydrogens is 615 g/mol. The number of aliphatic hydroxyl groups excluding tert-OH is 1.